The molecule has 0 spiro atoms. The average molecular weight is 493 g/mol. The predicted octanol–water partition coefficient (Wildman–Crippen LogP) is 4.63. The van der Waals surface area contributed by atoms with E-state index < -0.39 is 0 Å². The van der Waals surface area contributed by atoms with Crippen LogP contribution in [0.25, 0.3) is 21.3 Å². The SMILES string of the molecule is CN(C)CCN(C(=O)c1ccc2nccnc2c1)c1nc2ccc(Br)cc2s1.Cl. The predicted molar refractivity (Wildman–Crippen MR) is 124 cm³/mol. The van der Waals surface area contributed by atoms with E-state index in [0.29, 0.717) is 22.8 Å². The molecule has 0 aliphatic heterocycles. The molecule has 0 unspecified atom stereocenters. The highest BCUT2D eigenvalue weighted by molar-refractivity contribution is 9.10. The Morgan fingerprint density at radius 1 is 1.00 bits per heavy atom. The van der Waals surface area contributed by atoms with Gasteiger partial charge in [-0.3, -0.25) is 19.7 Å². The van der Waals surface area contributed by atoms with Crippen molar-refractivity contribution in [2.45, 2.75) is 0 Å². The van der Waals surface area contributed by atoms with E-state index in [-0.39, 0.29) is 18.3 Å². The van der Waals surface area contributed by atoms with E-state index in [1.807, 2.05) is 38.4 Å². The molecule has 0 aliphatic rings. The molecular formula is C20H19BrClN5OS. The summed E-state index contributed by atoms with van der Waals surface area (Å²) in [6.45, 7) is 1.28. The Bertz CT molecular complexity index is 1170. The number of thiazole rings is 1. The summed E-state index contributed by atoms with van der Waals surface area (Å²) in [6.07, 6.45) is 3.28. The van der Waals surface area contributed by atoms with Gasteiger partial charge in [-0.05, 0) is 50.5 Å². The van der Waals surface area contributed by atoms with Gasteiger partial charge in [0.15, 0.2) is 5.13 Å². The van der Waals surface area contributed by atoms with Crippen molar-refractivity contribution in [3.8, 4) is 0 Å². The number of benzene rings is 2. The van der Waals surface area contributed by atoms with Crippen molar-refractivity contribution in [1.29, 1.82) is 0 Å². The summed E-state index contributed by atoms with van der Waals surface area (Å²) in [6, 6.07) is 11.4. The Morgan fingerprint density at radius 3 is 2.48 bits per heavy atom. The molecule has 1 amide bonds. The summed E-state index contributed by atoms with van der Waals surface area (Å²) >= 11 is 5.01. The van der Waals surface area contributed by atoms with Crippen LogP contribution in [0.2, 0.25) is 0 Å². The number of carbonyl (C=O) groups is 1. The Kier molecular flexibility index (Phi) is 6.79. The van der Waals surface area contributed by atoms with Crippen LogP contribution in [-0.2, 0) is 0 Å². The molecule has 9 heteroatoms. The third kappa shape index (κ3) is 4.72. The number of nitrogens with zero attached hydrogens (tertiary/aromatic N) is 5. The molecule has 29 heavy (non-hydrogen) atoms. The number of anilines is 1. The smallest absolute Gasteiger partial charge is 0.260 e. The van der Waals surface area contributed by atoms with Crippen LogP contribution in [0.1, 0.15) is 10.4 Å². The van der Waals surface area contributed by atoms with Crippen LogP contribution >= 0.6 is 39.7 Å². The van der Waals surface area contributed by atoms with E-state index in [0.717, 1.165) is 26.8 Å². The Hall–Kier alpha value is -2.13. The molecule has 0 saturated heterocycles. The van der Waals surface area contributed by atoms with Crippen molar-refractivity contribution < 1.29 is 4.79 Å². The molecule has 0 bridgehead atoms. The van der Waals surface area contributed by atoms with Crippen LogP contribution in [0.15, 0.2) is 53.3 Å². The molecule has 0 fully saturated rings. The first-order valence-electron chi connectivity index (χ1n) is 8.75. The second-order valence-electron chi connectivity index (χ2n) is 6.63. The summed E-state index contributed by atoms with van der Waals surface area (Å²) < 4.78 is 2.03. The molecular weight excluding hydrogens is 474 g/mol. The summed E-state index contributed by atoms with van der Waals surface area (Å²) in [5.74, 6) is -0.0903. The maximum atomic E-state index is 13.4. The zero-order valence-corrected chi connectivity index (χ0v) is 19.1. The van der Waals surface area contributed by atoms with Gasteiger partial charge in [-0.1, -0.05) is 27.3 Å². The molecule has 150 valence electrons. The van der Waals surface area contributed by atoms with Crippen molar-refractivity contribution >= 4 is 72.0 Å². The third-order valence-electron chi connectivity index (χ3n) is 4.30. The standard InChI is InChI=1S/C20H18BrN5OS.ClH/c1-25(2)9-10-26(20-24-16-6-4-14(21)12-18(16)28-20)19(27)13-3-5-15-17(11-13)23-8-7-22-15;/h3-8,11-12H,9-10H2,1-2H3;1H. The highest BCUT2D eigenvalue weighted by Crippen LogP contribution is 2.31. The van der Waals surface area contributed by atoms with Crippen LogP contribution < -0.4 is 4.90 Å². The average Bonchev–Trinajstić information content (AvgIpc) is 3.10. The van der Waals surface area contributed by atoms with Gasteiger partial charge < -0.3 is 4.90 Å². The normalized spacial score (nSPS) is 11.0. The third-order valence-corrected chi connectivity index (χ3v) is 5.84. The van der Waals surface area contributed by atoms with E-state index in [1.54, 1.807) is 29.4 Å². The molecule has 2 aromatic carbocycles. The van der Waals surface area contributed by atoms with Gasteiger partial charge in [0.1, 0.15) is 0 Å². The zero-order valence-electron chi connectivity index (χ0n) is 15.9. The van der Waals surface area contributed by atoms with Crippen LogP contribution in [0.4, 0.5) is 5.13 Å². The van der Waals surface area contributed by atoms with Gasteiger partial charge in [0, 0.05) is 35.5 Å². The first kappa shape index (κ1) is 21.6. The summed E-state index contributed by atoms with van der Waals surface area (Å²) in [5.41, 5.74) is 2.93. The second-order valence-corrected chi connectivity index (χ2v) is 8.55. The van der Waals surface area contributed by atoms with Gasteiger partial charge in [-0.2, -0.15) is 0 Å². The summed E-state index contributed by atoms with van der Waals surface area (Å²) in [4.78, 5) is 30.4. The number of likely N-dealkylation sites (N-methyl/N-ethyl adjacent to an activating group) is 1. The highest BCUT2D eigenvalue weighted by Gasteiger charge is 2.22. The van der Waals surface area contributed by atoms with Gasteiger partial charge >= 0.3 is 0 Å². The van der Waals surface area contributed by atoms with Crippen molar-refractivity contribution in [3.63, 3.8) is 0 Å². The minimum absolute atomic E-state index is 0. The Labute approximate surface area is 187 Å². The molecule has 0 aliphatic carbocycles. The van der Waals surface area contributed by atoms with Gasteiger partial charge in [-0.15, -0.1) is 12.4 Å². The van der Waals surface area contributed by atoms with Gasteiger partial charge in [0.25, 0.3) is 5.91 Å². The number of fused-ring (bicyclic) bond motifs is 2. The van der Waals surface area contributed by atoms with Gasteiger partial charge in [0.2, 0.25) is 0 Å². The lowest BCUT2D eigenvalue weighted by molar-refractivity contribution is 0.0985. The number of rotatable bonds is 5. The minimum Gasteiger partial charge on any atom is -0.308 e. The lowest BCUT2D eigenvalue weighted by atomic mass is 10.1. The fraction of sp³-hybridized carbons (Fsp3) is 0.200. The number of hydrogen-bond acceptors (Lipinski definition) is 6. The lowest BCUT2D eigenvalue weighted by Crippen LogP contribution is -2.36. The largest absolute Gasteiger partial charge is 0.308 e. The molecule has 6 nitrogen and oxygen atoms in total. The van der Waals surface area contributed by atoms with E-state index in [2.05, 4.69) is 30.8 Å². The molecule has 0 radical (unpaired) electrons. The number of carbonyl (C=O) groups excluding carboxylic acids is 1. The van der Waals surface area contributed by atoms with Crippen LogP contribution in [0.5, 0.6) is 0 Å². The minimum atomic E-state index is -0.0903. The summed E-state index contributed by atoms with van der Waals surface area (Å²) in [7, 11) is 3.98. The van der Waals surface area contributed by atoms with Crippen LogP contribution in [0.3, 0.4) is 0 Å². The molecule has 0 N–H and O–H groups in total. The van der Waals surface area contributed by atoms with E-state index >= 15 is 0 Å². The molecule has 0 atom stereocenters. The number of aromatic nitrogens is 3. The molecule has 4 rings (SSSR count). The van der Waals surface area contributed by atoms with E-state index in [9.17, 15) is 4.79 Å². The maximum absolute atomic E-state index is 13.4. The second kappa shape index (κ2) is 9.13. The fourth-order valence-corrected chi connectivity index (χ4v) is 4.38. The number of halogens is 2. The quantitative estimate of drug-likeness (QED) is 0.406. The molecule has 2 aromatic heterocycles. The van der Waals surface area contributed by atoms with Crippen LogP contribution in [-0.4, -0.2) is 52.9 Å². The lowest BCUT2D eigenvalue weighted by Gasteiger charge is -2.22. The maximum Gasteiger partial charge on any atom is 0.260 e. The van der Waals surface area contributed by atoms with Crippen LogP contribution in [0, 0.1) is 0 Å². The Balaban J connectivity index is 0.00000240. The van der Waals surface area contributed by atoms with Gasteiger partial charge in [-0.25, -0.2) is 4.98 Å². The van der Waals surface area contributed by atoms with Crippen molar-refractivity contribution in [1.82, 2.24) is 19.9 Å². The molecule has 0 saturated carbocycles. The molecule has 4 aromatic rings. The first-order valence-corrected chi connectivity index (χ1v) is 10.4. The fourth-order valence-electron chi connectivity index (χ4n) is 2.84. The van der Waals surface area contributed by atoms with Crippen molar-refractivity contribution in [2.75, 3.05) is 32.1 Å². The first-order chi connectivity index (χ1) is 13.5. The number of amides is 1. The number of hydrogen-bond donors (Lipinski definition) is 0. The highest BCUT2D eigenvalue weighted by atomic mass is 79.9. The zero-order chi connectivity index (χ0) is 19.7. The van der Waals surface area contributed by atoms with Gasteiger partial charge in [0.05, 0.1) is 21.3 Å². The Morgan fingerprint density at radius 2 is 1.72 bits per heavy atom. The molecule has 2 heterocycles. The monoisotopic (exact) mass is 491 g/mol. The summed E-state index contributed by atoms with van der Waals surface area (Å²) in [5, 5.41) is 0.694. The van der Waals surface area contributed by atoms with Crippen molar-refractivity contribution in [3.05, 3.63) is 58.8 Å². The van der Waals surface area contributed by atoms with Crippen molar-refractivity contribution in [2.24, 2.45) is 0 Å². The topological polar surface area (TPSA) is 62.2 Å². The van der Waals surface area contributed by atoms with E-state index in [4.69, 9.17) is 4.98 Å². The van der Waals surface area contributed by atoms with E-state index in [1.165, 1.54) is 11.3 Å².